The molecular weight excluding hydrogens is 304 g/mol. The number of aryl methyl sites for hydroxylation is 1. The lowest BCUT2D eigenvalue weighted by molar-refractivity contribution is -0.115. The zero-order valence-corrected chi connectivity index (χ0v) is 13.4. The van der Waals surface area contributed by atoms with Gasteiger partial charge < -0.3 is 5.32 Å². The van der Waals surface area contributed by atoms with Gasteiger partial charge in [-0.15, -0.1) is 0 Å². The quantitative estimate of drug-likeness (QED) is 0.755. The van der Waals surface area contributed by atoms with Gasteiger partial charge in [-0.3, -0.25) is 9.89 Å². The topological polar surface area (TPSA) is 88.5 Å². The van der Waals surface area contributed by atoms with Crippen LogP contribution in [0.4, 0.5) is 5.82 Å². The van der Waals surface area contributed by atoms with E-state index in [4.69, 9.17) is 0 Å². The van der Waals surface area contributed by atoms with Crippen molar-refractivity contribution >= 4 is 11.7 Å². The van der Waals surface area contributed by atoms with E-state index in [0.717, 1.165) is 17.2 Å². The number of aromatic nitrogens is 5. The van der Waals surface area contributed by atoms with E-state index in [1.54, 1.807) is 4.68 Å². The maximum absolute atomic E-state index is 12.2. The molecule has 2 N–H and O–H groups in total. The van der Waals surface area contributed by atoms with Crippen LogP contribution in [-0.2, 0) is 11.2 Å². The number of nitrogens with zero attached hydrogens (tertiary/aromatic N) is 4. The molecule has 1 fully saturated rings. The van der Waals surface area contributed by atoms with E-state index < -0.39 is 0 Å². The van der Waals surface area contributed by atoms with Crippen molar-refractivity contribution in [3.05, 3.63) is 53.6 Å². The number of amides is 1. The molecule has 0 atom stereocenters. The van der Waals surface area contributed by atoms with Crippen molar-refractivity contribution in [2.45, 2.75) is 32.1 Å². The van der Waals surface area contributed by atoms with E-state index in [-0.39, 0.29) is 12.3 Å². The normalized spacial score (nSPS) is 13.9. The number of hydrogen-bond acceptors (Lipinski definition) is 4. The van der Waals surface area contributed by atoms with Crippen molar-refractivity contribution < 1.29 is 4.79 Å². The number of aromatic amines is 1. The summed E-state index contributed by atoms with van der Waals surface area (Å²) in [4.78, 5) is 16.6. The molecule has 122 valence electrons. The monoisotopic (exact) mass is 322 g/mol. The molecule has 0 bridgehead atoms. The van der Waals surface area contributed by atoms with Gasteiger partial charge in [-0.2, -0.15) is 10.2 Å². The van der Waals surface area contributed by atoms with Gasteiger partial charge in [-0.25, -0.2) is 9.67 Å². The molecule has 7 nitrogen and oxygen atoms in total. The lowest BCUT2D eigenvalue weighted by atomic mass is 10.3. The first-order valence-corrected chi connectivity index (χ1v) is 8.01. The Labute approximate surface area is 139 Å². The summed E-state index contributed by atoms with van der Waals surface area (Å²) in [7, 11) is 0. The highest BCUT2D eigenvalue weighted by molar-refractivity contribution is 5.91. The van der Waals surface area contributed by atoms with Gasteiger partial charge in [0.05, 0.1) is 17.8 Å². The molecule has 7 heteroatoms. The standard InChI is InChI=1S/C17H18N6O/c1-11-3-2-4-16(18-11)23-8-7-13(22-23)9-17(24)19-15-10-14(20-21-15)12-5-6-12/h2-4,7-8,10,12H,5-6,9H2,1H3,(H2,19,20,21,24). The predicted octanol–water partition coefficient (Wildman–Crippen LogP) is 2.36. The average molecular weight is 322 g/mol. The molecule has 3 aromatic rings. The molecule has 0 aliphatic heterocycles. The lowest BCUT2D eigenvalue weighted by Crippen LogP contribution is -2.15. The zero-order valence-electron chi connectivity index (χ0n) is 13.4. The van der Waals surface area contributed by atoms with Crippen molar-refractivity contribution in [1.82, 2.24) is 25.0 Å². The smallest absolute Gasteiger partial charge is 0.231 e. The highest BCUT2D eigenvalue weighted by Gasteiger charge is 2.26. The van der Waals surface area contributed by atoms with Gasteiger partial charge in [0.2, 0.25) is 5.91 Å². The number of H-pyrrole nitrogens is 1. The first-order valence-electron chi connectivity index (χ1n) is 8.01. The van der Waals surface area contributed by atoms with Crippen LogP contribution in [-0.4, -0.2) is 30.9 Å². The number of carbonyl (C=O) groups is 1. The van der Waals surface area contributed by atoms with E-state index in [1.807, 2.05) is 43.5 Å². The first kappa shape index (κ1) is 14.6. The van der Waals surface area contributed by atoms with Gasteiger partial charge in [0.25, 0.3) is 0 Å². The van der Waals surface area contributed by atoms with Gasteiger partial charge in [-0.05, 0) is 38.0 Å². The summed E-state index contributed by atoms with van der Waals surface area (Å²) in [5.41, 5.74) is 2.64. The first-order chi connectivity index (χ1) is 11.7. The summed E-state index contributed by atoms with van der Waals surface area (Å²) in [6.45, 7) is 1.93. The van der Waals surface area contributed by atoms with E-state index in [1.165, 1.54) is 12.8 Å². The Kier molecular flexibility index (Phi) is 3.60. The van der Waals surface area contributed by atoms with Crippen LogP contribution >= 0.6 is 0 Å². The summed E-state index contributed by atoms with van der Waals surface area (Å²) in [6.07, 6.45) is 4.38. The van der Waals surface area contributed by atoms with Crippen LogP contribution in [0.1, 0.15) is 35.8 Å². The third-order valence-electron chi connectivity index (χ3n) is 3.96. The molecule has 1 aliphatic rings. The fourth-order valence-corrected chi connectivity index (χ4v) is 2.59. The molecule has 0 radical (unpaired) electrons. The maximum Gasteiger partial charge on any atom is 0.231 e. The Morgan fingerprint density at radius 2 is 2.25 bits per heavy atom. The summed E-state index contributed by atoms with van der Waals surface area (Å²) in [5.74, 6) is 1.82. The second-order valence-corrected chi connectivity index (χ2v) is 6.09. The minimum atomic E-state index is -0.122. The Bertz CT molecular complexity index is 877. The van der Waals surface area contributed by atoms with E-state index in [9.17, 15) is 4.79 Å². The third-order valence-corrected chi connectivity index (χ3v) is 3.96. The van der Waals surface area contributed by atoms with Crippen LogP contribution in [0.3, 0.4) is 0 Å². The minimum absolute atomic E-state index is 0.122. The van der Waals surface area contributed by atoms with Gasteiger partial charge in [0.1, 0.15) is 5.82 Å². The number of hydrogen-bond donors (Lipinski definition) is 2. The van der Waals surface area contributed by atoms with Crippen molar-refractivity contribution in [2.75, 3.05) is 5.32 Å². The molecule has 3 heterocycles. The third kappa shape index (κ3) is 3.19. The molecule has 3 aromatic heterocycles. The van der Waals surface area contributed by atoms with Crippen LogP contribution < -0.4 is 5.32 Å². The predicted molar refractivity (Wildman–Crippen MR) is 89.0 cm³/mol. The van der Waals surface area contributed by atoms with Gasteiger partial charge in [-0.1, -0.05) is 6.07 Å². The molecule has 0 spiro atoms. The fraction of sp³-hybridized carbons (Fsp3) is 0.294. The Morgan fingerprint density at radius 1 is 1.38 bits per heavy atom. The molecular formula is C17H18N6O. The molecule has 1 saturated carbocycles. The van der Waals surface area contributed by atoms with Crippen LogP contribution in [0.15, 0.2) is 36.5 Å². The second-order valence-electron chi connectivity index (χ2n) is 6.09. The number of carbonyl (C=O) groups excluding carboxylic acids is 1. The van der Waals surface area contributed by atoms with Crippen LogP contribution in [0.5, 0.6) is 0 Å². The zero-order chi connectivity index (χ0) is 16.5. The van der Waals surface area contributed by atoms with E-state index in [2.05, 4.69) is 25.6 Å². The highest BCUT2D eigenvalue weighted by atomic mass is 16.1. The highest BCUT2D eigenvalue weighted by Crippen LogP contribution is 2.39. The van der Waals surface area contributed by atoms with Crippen molar-refractivity contribution in [2.24, 2.45) is 0 Å². The lowest BCUT2D eigenvalue weighted by Gasteiger charge is -2.02. The van der Waals surface area contributed by atoms with Crippen LogP contribution in [0.25, 0.3) is 5.82 Å². The van der Waals surface area contributed by atoms with Gasteiger partial charge in [0.15, 0.2) is 5.82 Å². The molecule has 24 heavy (non-hydrogen) atoms. The largest absolute Gasteiger partial charge is 0.311 e. The van der Waals surface area contributed by atoms with Crippen molar-refractivity contribution in [3.63, 3.8) is 0 Å². The van der Waals surface area contributed by atoms with Crippen molar-refractivity contribution in [3.8, 4) is 5.82 Å². The maximum atomic E-state index is 12.2. The summed E-state index contributed by atoms with van der Waals surface area (Å²) in [5, 5.41) is 14.3. The molecule has 1 amide bonds. The Morgan fingerprint density at radius 3 is 3.04 bits per heavy atom. The fourth-order valence-electron chi connectivity index (χ4n) is 2.59. The number of rotatable bonds is 5. The molecule has 0 unspecified atom stereocenters. The molecule has 0 aromatic carbocycles. The number of nitrogens with one attached hydrogen (secondary N) is 2. The summed E-state index contributed by atoms with van der Waals surface area (Å²) >= 11 is 0. The van der Waals surface area contributed by atoms with Gasteiger partial charge in [0, 0.05) is 23.9 Å². The SMILES string of the molecule is Cc1cccc(-n2ccc(CC(=O)Nc3cc(C4CC4)n[nH]3)n2)n1. The van der Waals surface area contributed by atoms with E-state index >= 15 is 0 Å². The van der Waals surface area contributed by atoms with Crippen LogP contribution in [0.2, 0.25) is 0 Å². The number of anilines is 1. The van der Waals surface area contributed by atoms with Crippen LogP contribution in [0, 0.1) is 6.92 Å². The molecule has 1 aliphatic carbocycles. The van der Waals surface area contributed by atoms with Gasteiger partial charge >= 0.3 is 0 Å². The van der Waals surface area contributed by atoms with E-state index in [0.29, 0.717) is 17.4 Å². The molecule has 0 saturated heterocycles. The number of pyridine rings is 1. The Balaban J connectivity index is 1.40. The minimum Gasteiger partial charge on any atom is -0.311 e. The summed E-state index contributed by atoms with van der Waals surface area (Å²) in [6, 6.07) is 9.48. The second kappa shape index (κ2) is 5.92. The molecule has 4 rings (SSSR count). The summed E-state index contributed by atoms with van der Waals surface area (Å²) < 4.78 is 1.68. The Hall–Kier alpha value is -2.96. The van der Waals surface area contributed by atoms with Crippen molar-refractivity contribution in [1.29, 1.82) is 0 Å². The average Bonchev–Trinajstić information content (AvgIpc) is 3.13.